The zero-order valence-electron chi connectivity index (χ0n) is 11.6. The fourth-order valence-electron chi connectivity index (χ4n) is 3.54. The molecule has 1 aliphatic heterocycles. The first-order valence-corrected chi connectivity index (χ1v) is 7.55. The maximum Gasteiger partial charge on any atom is 0.146 e. The summed E-state index contributed by atoms with van der Waals surface area (Å²) in [5, 5.41) is 0. The van der Waals surface area contributed by atoms with E-state index in [1.54, 1.807) is 0 Å². The van der Waals surface area contributed by atoms with E-state index in [1.165, 1.54) is 19.3 Å². The van der Waals surface area contributed by atoms with E-state index in [4.69, 9.17) is 4.74 Å². The molecule has 1 saturated carbocycles. The van der Waals surface area contributed by atoms with E-state index >= 15 is 0 Å². The molecule has 2 aliphatic rings. The Morgan fingerprint density at radius 2 is 1.95 bits per heavy atom. The minimum atomic E-state index is -0.0145. The number of Topliss-reactive ketones (excluding diaryl/α,β-unsaturated/α-hetero) is 1. The summed E-state index contributed by atoms with van der Waals surface area (Å²) in [5.41, 5.74) is 1.10. The number of para-hydroxylation sites is 1. The highest BCUT2D eigenvalue weighted by atomic mass is 16.5. The number of carbonyl (C=O) groups is 1. The lowest BCUT2D eigenvalue weighted by Crippen LogP contribution is -2.27. The SMILES string of the molecule is CCC1CCC(C(=O)C2COc3ccccc32)CC1. The zero-order valence-corrected chi connectivity index (χ0v) is 11.6. The van der Waals surface area contributed by atoms with Crippen LogP contribution in [0.2, 0.25) is 0 Å². The van der Waals surface area contributed by atoms with E-state index in [1.807, 2.05) is 24.3 Å². The molecule has 1 atom stereocenters. The van der Waals surface area contributed by atoms with Gasteiger partial charge in [0.2, 0.25) is 0 Å². The molecule has 1 fully saturated rings. The van der Waals surface area contributed by atoms with Gasteiger partial charge >= 0.3 is 0 Å². The van der Waals surface area contributed by atoms with Crippen molar-refractivity contribution in [2.45, 2.75) is 44.9 Å². The van der Waals surface area contributed by atoms with Crippen molar-refractivity contribution in [2.75, 3.05) is 6.61 Å². The van der Waals surface area contributed by atoms with Crippen LogP contribution in [-0.2, 0) is 4.79 Å². The van der Waals surface area contributed by atoms with Crippen LogP contribution in [0.4, 0.5) is 0 Å². The number of fused-ring (bicyclic) bond motifs is 1. The van der Waals surface area contributed by atoms with E-state index in [-0.39, 0.29) is 11.8 Å². The average molecular weight is 258 g/mol. The largest absolute Gasteiger partial charge is 0.492 e. The van der Waals surface area contributed by atoms with Gasteiger partial charge in [0.1, 0.15) is 18.1 Å². The number of ketones is 1. The molecule has 1 aliphatic carbocycles. The Morgan fingerprint density at radius 3 is 2.68 bits per heavy atom. The first-order valence-electron chi connectivity index (χ1n) is 7.55. The highest BCUT2D eigenvalue weighted by Gasteiger charge is 2.35. The van der Waals surface area contributed by atoms with Crippen molar-refractivity contribution in [2.24, 2.45) is 11.8 Å². The first kappa shape index (κ1) is 12.7. The molecular weight excluding hydrogens is 236 g/mol. The molecule has 1 aromatic rings. The standard InChI is InChI=1S/C17H22O2/c1-2-12-7-9-13(10-8-12)17(18)15-11-19-16-6-4-3-5-14(15)16/h3-6,12-13,15H,2,7-11H2,1H3. The summed E-state index contributed by atoms with van der Waals surface area (Å²) in [5.74, 6) is 2.42. The molecule has 0 N–H and O–H groups in total. The van der Waals surface area contributed by atoms with Gasteiger partial charge in [0.15, 0.2) is 0 Å². The zero-order chi connectivity index (χ0) is 13.2. The van der Waals surface area contributed by atoms with Crippen LogP contribution in [0.3, 0.4) is 0 Å². The predicted octanol–water partition coefficient (Wildman–Crippen LogP) is 3.95. The van der Waals surface area contributed by atoms with Gasteiger partial charge in [0.05, 0.1) is 5.92 Å². The van der Waals surface area contributed by atoms with Crippen LogP contribution in [0.15, 0.2) is 24.3 Å². The van der Waals surface area contributed by atoms with Crippen LogP contribution < -0.4 is 4.74 Å². The summed E-state index contributed by atoms with van der Waals surface area (Å²) in [4.78, 5) is 12.7. The average Bonchev–Trinajstić information content (AvgIpc) is 2.90. The number of hydrogen-bond donors (Lipinski definition) is 0. The quantitative estimate of drug-likeness (QED) is 0.820. The second-order valence-electron chi connectivity index (χ2n) is 5.93. The Morgan fingerprint density at radius 1 is 1.21 bits per heavy atom. The Kier molecular flexibility index (Phi) is 3.58. The fraction of sp³-hybridized carbons (Fsp3) is 0.588. The van der Waals surface area contributed by atoms with Crippen LogP contribution in [0, 0.1) is 11.8 Å². The lowest BCUT2D eigenvalue weighted by Gasteiger charge is -2.28. The van der Waals surface area contributed by atoms with E-state index in [2.05, 4.69) is 6.92 Å². The molecular formula is C17H22O2. The Hall–Kier alpha value is -1.31. The van der Waals surface area contributed by atoms with Gasteiger partial charge in [0, 0.05) is 11.5 Å². The molecule has 2 nitrogen and oxygen atoms in total. The van der Waals surface area contributed by atoms with Crippen LogP contribution in [0.1, 0.15) is 50.5 Å². The van der Waals surface area contributed by atoms with Gasteiger partial charge in [-0.15, -0.1) is 0 Å². The molecule has 0 spiro atoms. The van der Waals surface area contributed by atoms with E-state index in [0.717, 1.165) is 30.1 Å². The second kappa shape index (κ2) is 5.36. The molecule has 1 unspecified atom stereocenters. The van der Waals surface area contributed by atoms with Crippen molar-refractivity contribution in [3.63, 3.8) is 0 Å². The smallest absolute Gasteiger partial charge is 0.146 e. The molecule has 1 aromatic carbocycles. The van der Waals surface area contributed by atoms with Gasteiger partial charge in [-0.2, -0.15) is 0 Å². The Balaban J connectivity index is 1.69. The topological polar surface area (TPSA) is 26.3 Å². The molecule has 102 valence electrons. The van der Waals surface area contributed by atoms with Crippen LogP contribution in [-0.4, -0.2) is 12.4 Å². The number of benzene rings is 1. The predicted molar refractivity (Wildman–Crippen MR) is 75.4 cm³/mol. The number of carbonyl (C=O) groups excluding carboxylic acids is 1. The molecule has 1 heterocycles. The Bertz CT molecular complexity index is 458. The maximum atomic E-state index is 12.7. The molecule has 19 heavy (non-hydrogen) atoms. The fourth-order valence-corrected chi connectivity index (χ4v) is 3.54. The lowest BCUT2D eigenvalue weighted by atomic mass is 9.75. The molecule has 0 saturated heterocycles. The van der Waals surface area contributed by atoms with Gasteiger partial charge < -0.3 is 4.74 Å². The minimum Gasteiger partial charge on any atom is -0.492 e. The highest BCUT2D eigenvalue weighted by Crippen LogP contribution is 2.39. The summed E-state index contributed by atoms with van der Waals surface area (Å²) in [6.07, 6.45) is 5.87. The normalized spacial score (nSPS) is 29.6. The number of ether oxygens (including phenoxy) is 1. The van der Waals surface area contributed by atoms with Crippen molar-refractivity contribution in [1.29, 1.82) is 0 Å². The molecule has 0 aromatic heterocycles. The summed E-state index contributed by atoms with van der Waals surface area (Å²) in [6.45, 7) is 2.81. The van der Waals surface area contributed by atoms with Crippen molar-refractivity contribution < 1.29 is 9.53 Å². The highest BCUT2D eigenvalue weighted by molar-refractivity contribution is 5.89. The van der Waals surface area contributed by atoms with Gasteiger partial charge in [-0.25, -0.2) is 0 Å². The molecule has 2 heteroatoms. The van der Waals surface area contributed by atoms with Crippen molar-refractivity contribution in [3.8, 4) is 5.75 Å². The minimum absolute atomic E-state index is 0.0145. The van der Waals surface area contributed by atoms with Gasteiger partial charge in [-0.1, -0.05) is 31.5 Å². The van der Waals surface area contributed by atoms with Crippen molar-refractivity contribution in [1.82, 2.24) is 0 Å². The molecule has 0 bridgehead atoms. The van der Waals surface area contributed by atoms with Gasteiger partial charge in [0.25, 0.3) is 0 Å². The van der Waals surface area contributed by atoms with Crippen molar-refractivity contribution >= 4 is 5.78 Å². The van der Waals surface area contributed by atoms with Crippen LogP contribution in [0.25, 0.3) is 0 Å². The maximum absolute atomic E-state index is 12.7. The summed E-state index contributed by atoms with van der Waals surface area (Å²) in [7, 11) is 0. The third-order valence-electron chi connectivity index (χ3n) is 4.87. The molecule has 0 radical (unpaired) electrons. The molecule has 0 amide bonds. The Labute approximate surface area is 115 Å². The molecule has 3 rings (SSSR count). The van der Waals surface area contributed by atoms with Gasteiger partial charge in [-0.05, 0) is 37.7 Å². The first-order chi connectivity index (χ1) is 9.29. The second-order valence-corrected chi connectivity index (χ2v) is 5.93. The van der Waals surface area contributed by atoms with Gasteiger partial charge in [-0.3, -0.25) is 4.79 Å². The van der Waals surface area contributed by atoms with Crippen LogP contribution >= 0.6 is 0 Å². The third-order valence-corrected chi connectivity index (χ3v) is 4.87. The lowest BCUT2D eigenvalue weighted by molar-refractivity contribution is -0.125. The van der Waals surface area contributed by atoms with Crippen molar-refractivity contribution in [3.05, 3.63) is 29.8 Å². The summed E-state index contributed by atoms with van der Waals surface area (Å²) < 4.78 is 5.64. The number of rotatable bonds is 3. The van der Waals surface area contributed by atoms with Crippen LogP contribution in [0.5, 0.6) is 5.75 Å². The monoisotopic (exact) mass is 258 g/mol. The van der Waals surface area contributed by atoms with E-state index in [9.17, 15) is 4.79 Å². The number of hydrogen-bond acceptors (Lipinski definition) is 2. The van der Waals surface area contributed by atoms with E-state index < -0.39 is 0 Å². The van der Waals surface area contributed by atoms with E-state index in [0.29, 0.717) is 12.4 Å². The summed E-state index contributed by atoms with van der Waals surface area (Å²) in [6, 6.07) is 7.99. The third kappa shape index (κ3) is 2.41. The summed E-state index contributed by atoms with van der Waals surface area (Å²) >= 11 is 0.